The number of rotatable bonds is 2. The minimum atomic E-state index is -3.74. The Morgan fingerprint density at radius 1 is 1.28 bits per heavy atom. The summed E-state index contributed by atoms with van der Waals surface area (Å²) in [6.45, 7) is 0. The molecule has 0 saturated heterocycles. The van der Waals surface area contributed by atoms with Crippen LogP contribution in [0, 0.1) is 0 Å². The maximum Gasteiger partial charge on any atom is 0.349 e. The number of hydrogen-bond acceptors (Lipinski definition) is 5. The van der Waals surface area contributed by atoms with Gasteiger partial charge in [-0.1, -0.05) is 18.2 Å². The molecular weight excluding hydrogens is 254 g/mol. The molecule has 0 aliphatic carbocycles. The fraction of sp³-hybridized carbons (Fsp3) is 0.0833. The third-order valence-corrected chi connectivity index (χ3v) is 4.00. The molecule has 1 aromatic carbocycles. The number of allylic oxidation sites excluding steroid dienone is 2. The Bertz CT molecular complexity index is 671. The lowest BCUT2D eigenvalue weighted by Crippen LogP contribution is -2.10. The maximum atomic E-state index is 11.8. The molecule has 0 atom stereocenters. The van der Waals surface area contributed by atoms with Gasteiger partial charge in [0.15, 0.2) is 4.91 Å². The number of ether oxygens (including phenoxy) is 1. The molecule has 1 aliphatic rings. The topological polar surface area (TPSA) is 86.5 Å². The average molecular weight is 265 g/mol. The highest BCUT2D eigenvalue weighted by molar-refractivity contribution is 7.99. The second-order valence-corrected chi connectivity index (χ2v) is 5.47. The number of hydrogen-bond donors (Lipinski definition) is 1. The van der Waals surface area contributed by atoms with Crippen molar-refractivity contribution >= 4 is 27.1 Å². The summed E-state index contributed by atoms with van der Waals surface area (Å²) >= 11 is 0. The molecule has 94 valence electrons. The molecule has 2 N–H and O–H groups in total. The highest BCUT2D eigenvalue weighted by atomic mass is 32.2. The number of nitrogens with two attached hydrogens (primary N) is 1. The lowest BCUT2D eigenvalue weighted by Gasteiger charge is -2.02. The standard InChI is InChI=1S/C12H11NO4S/c1-17-12(14)11-6-8(7-18(11,15)16)9-4-2-3-5-10(9)13/h2-7H,13H2,1H3. The minimum Gasteiger partial charge on any atom is -0.465 e. The highest BCUT2D eigenvalue weighted by Crippen LogP contribution is 2.32. The average Bonchev–Trinajstić information content (AvgIpc) is 2.64. The number of carbonyl (C=O) groups is 1. The van der Waals surface area contributed by atoms with Gasteiger partial charge in [-0.2, -0.15) is 0 Å². The van der Waals surface area contributed by atoms with Crippen molar-refractivity contribution in [3.63, 3.8) is 0 Å². The number of para-hydroxylation sites is 1. The Morgan fingerprint density at radius 2 is 1.94 bits per heavy atom. The first-order chi connectivity index (χ1) is 8.45. The van der Waals surface area contributed by atoms with Crippen molar-refractivity contribution in [2.24, 2.45) is 0 Å². The predicted octanol–water partition coefficient (Wildman–Crippen LogP) is 1.09. The van der Waals surface area contributed by atoms with Crippen LogP contribution in [0.1, 0.15) is 5.56 Å². The van der Waals surface area contributed by atoms with Gasteiger partial charge in [-0.15, -0.1) is 0 Å². The molecule has 5 nitrogen and oxygen atoms in total. The number of benzene rings is 1. The number of nitrogen functional groups attached to an aromatic ring is 1. The summed E-state index contributed by atoms with van der Waals surface area (Å²) in [6.07, 6.45) is 1.27. The van der Waals surface area contributed by atoms with Crippen LogP contribution >= 0.6 is 0 Å². The third-order valence-electron chi connectivity index (χ3n) is 2.53. The smallest absolute Gasteiger partial charge is 0.349 e. The van der Waals surface area contributed by atoms with Crippen molar-refractivity contribution in [2.45, 2.75) is 0 Å². The first kappa shape index (κ1) is 12.4. The molecule has 1 aromatic rings. The summed E-state index contributed by atoms with van der Waals surface area (Å²) in [5, 5.41) is 1.02. The van der Waals surface area contributed by atoms with Gasteiger partial charge in [-0.05, 0) is 17.7 Å². The SMILES string of the molecule is COC(=O)C1=CC(c2ccccc2N)=CS1(=O)=O. The first-order valence-corrected chi connectivity index (χ1v) is 6.62. The second-order valence-electron chi connectivity index (χ2n) is 3.71. The van der Waals surface area contributed by atoms with Gasteiger partial charge in [0.25, 0.3) is 0 Å². The van der Waals surface area contributed by atoms with Crippen LogP contribution in [0.2, 0.25) is 0 Å². The normalized spacial score (nSPS) is 16.9. The van der Waals surface area contributed by atoms with Crippen LogP contribution in [-0.2, 0) is 19.4 Å². The van der Waals surface area contributed by atoms with E-state index < -0.39 is 15.8 Å². The van der Waals surface area contributed by atoms with Crippen LogP contribution in [-0.4, -0.2) is 21.5 Å². The van der Waals surface area contributed by atoms with Gasteiger partial charge >= 0.3 is 5.97 Å². The summed E-state index contributed by atoms with van der Waals surface area (Å²) in [6, 6.07) is 6.83. The Kier molecular flexibility index (Phi) is 2.96. The number of anilines is 1. The van der Waals surface area contributed by atoms with E-state index in [1.54, 1.807) is 24.3 Å². The quantitative estimate of drug-likeness (QED) is 0.639. The zero-order valence-electron chi connectivity index (χ0n) is 9.58. The fourth-order valence-corrected chi connectivity index (χ4v) is 2.93. The van der Waals surface area contributed by atoms with Crippen LogP contribution in [0.4, 0.5) is 5.69 Å². The zero-order valence-corrected chi connectivity index (χ0v) is 10.4. The van der Waals surface area contributed by atoms with Crippen LogP contribution in [0.3, 0.4) is 0 Å². The Labute approximate surface area is 104 Å². The lowest BCUT2D eigenvalue weighted by atomic mass is 10.1. The van der Waals surface area contributed by atoms with Crippen LogP contribution < -0.4 is 5.73 Å². The van der Waals surface area contributed by atoms with Crippen LogP contribution in [0.15, 0.2) is 40.7 Å². The maximum absolute atomic E-state index is 11.8. The number of carbonyl (C=O) groups excluding carboxylic acids is 1. The lowest BCUT2D eigenvalue weighted by molar-refractivity contribution is -0.135. The summed E-state index contributed by atoms with van der Waals surface area (Å²) in [4.78, 5) is 11.0. The monoisotopic (exact) mass is 265 g/mol. The van der Waals surface area contributed by atoms with Crippen LogP contribution in [0.25, 0.3) is 5.57 Å². The molecule has 1 aliphatic heterocycles. The van der Waals surface area contributed by atoms with E-state index in [1.165, 1.54) is 6.08 Å². The van der Waals surface area contributed by atoms with E-state index in [-0.39, 0.29) is 4.91 Å². The van der Waals surface area contributed by atoms with Gasteiger partial charge < -0.3 is 10.5 Å². The van der Waals surface area contributed by atoms with Gasteiger partial charge in [0, 0.05) is 16.7 Å². The Morgan fingerprint density at radius 3 is 2.56 bits per heavy atom. The molecule has 0 amide bonds. The van der Waals surface area contributed by atoms with Crippen molar-refractivity contribution in [3.05, 3.63) is 46.2 Å². The Hall–Kier alpha value is -2.08. The van der Waals surface area contributed by atoms with E-state index in [1.807, 2.05) is 0 Å². The summed E-state index contributed by atoms with van der Waals surface area (Å²) < 4.78 is 28.0. The van der Waals surface area contributed by atoms with Crippen molar-refractivity contribution in [1.82, 2.24) is 0 Å². The van der Waals surface area contributed by atoms with E-state index in [0.717, 1.165) is 12.5 Å². The molecule has 0 fully saturated rings. The largest absolute Gasteiger partial charge is 0.465 e. The van der Waals surface area contributed by atoms with Crippen molar-refractivity contribution in [3.8, 4) is 0 Å². The van der Waals surface area contributed by atoms with Crippen molar-refractivity contribution in [1.29, 1.82) is 0 Å². The fourth-order valence-electron chi connectivity index (χ4n) is 1.66. The first-order valence-electron chi connectivity index (χ1n) is 5.07. The molecule has 0 unspecified atom stereocenters. The number of sulfone groups is 1. The van der Waals surface area contributed by atoms with Crippen molar-refractivity contribution in [2.75, 3.05) is 12.8 Å². The second kappa shape index (κ2) is 4.30. The molecule has 0 aromatic heterocycles. The molecule has 0 spiro atoms. The van der Waals surface area contributed by atoms with E-state index in [4.69, 9.17) is 5.73 Å². The predicted molar refractivity (Wildman–Crippen MR) is 67.9 cm³/mol. The van der Waals surface area contributed by atoms with Crippen molar-refractivity contribution < 1.29 is 17.9 Å². The van der Waals surface area contributed by atoms with Gasteiger partial charge in [-0.25, -0.2) is 13.2 Å². The molecule has 0 saturated carbocycles. The molecule has 18 heavy (non-hydrogen) atoms. The van der Waals surface area contributed by atoms with E-state index in [0.29, 0.717) is 16.8 Å². The molecular formula is C12H11NO4S. The van der Waals surface area contributed by atoms with E-state index in [2.05, 4.69) is 4.74 Å². The third kappa shape index (κ3) is 2.02. The van der Waals surface area contributed by atoms with Crippen LogP contribution in [0.5, 0.6) is 0 Å². The van der Waals surface area contributed by atoms with Gasteiger partial charge in [0.1, 0.15) is 0 Å². The summed E-state index contributed by atoms with van der Waals surface area (Å²) in [7, 11) is -2.61. The molecule has 0 bridgehead atoms. The molecule has 0 radical (unpaired) electrons. The minimum absolute atomic E-state index is 0.372. The highest BCUT2D eigenvalue weighted by Gasteiger charge is 2.30. The van der Waals surface area contributed by atoms with Gasteiger partial charge in [-0.3, -0.25) is 0 Å². The number of methoxy groups -OCH3 is 1. The molecule has 1 heterocycles. The Balaban J connectivity index is 2.54. The summed E-state index contributed by atoms with van der Waals surface area (Å²) in [5.74, 6) is -0.879. The number of esters is 1. The van der Waals surface area contributed by atoms with Gasteiger partial charge in [0.2, 0.25) is 9.84 Å². The van der Waals surface area contributed by atoms with Gasteiger partial charge in [0.05, 0.1) is 7.11 Å². The van der Waals surface area contributed by atoms with E-state index >= 15 is 0 Å². The molecule has 2 rings (SSSR count). The summed E-state index contributed by atoms with van der Waals surface area (Å²) in [5.41, 5.74) is 7.16. The van der Waals surface area contributed by atoms with E-state index in [9.17, 15) is 13.2 Å². The zero-order chi connectivity index (χ0) is 13.3. The molecule has 6 heteroatoms.